The molecule has 0 bridgehead atoms. The summed E-state index contributed by atoms with van der Waals surface area (Å²) in [7, 11) is -3.10. The number of rotatable bonds is 4. The molecule has 0 atom stereocenters. The third-order valence-electron chi connectivity index (χ3n) is 5.25. The van der Waals surface area contributed by atoms with E-state index in [0.717, 1.165) is 36.8 Å². The van der Waals surface area contributed by atoms with Crippen molar-refractivity contribution in [2.45, 2.75) is 44.8 Å². The Bertz CT molecular complexity index is 734. The maximum atomic E-state index is 12.6. The van der Waals surface area contributed by atoms with Crippen molar-refractivity contribution in [2.75, 3.05) is 32.4 Å². The predicted molar refractivity (Wildman–Crippen MR) is 101 cm³/mol. The minimum atomic E-state index is -3.10. The van der Waals surface area contributed by atoms with Crippen molar-refractivity contribution < 1.29 is 17.9 Å². The van der Waals surface area contributed by atoms with Gasteiger partial charge in [-0.25, -0.2) is 12.7 Å². The average molecular weight is 381 g/mol. The van der Waals surface area contributed by atoms with Crippen molar-refractivity contribution in [3.63, 3.8) is 0 Å². The normalized spacial score (nSPS) is 21.1. The SMILES string of the molecule is Cc1cccc(C(=O)N2CCC(OC3CCN(S(C)(=O)=O)CC3)CC2)c1. The standard InChI is InChI=1S/C19H28N2O4S/c1-15-4-3-5-16(14-15)19(22)20-10-6-17(7-11-20)25-18-8-12-21(13-9-18)26(2,23)24/h3-5,14,17-18H,6-13H2,1-2H3. The highest BCUT2D eigenvalue weighted by molar-refractivity contribution is 7.88. The van der Waals surface area contributed by atoms with Gasteiger partial charge in [0, 0.05) is 31.7 Å². The van der Waals surface area contributed by atoms with Crippen LogP contribution in [0.25, 0.3) is 0 Å². The molecule has 0 N–H and O–H groups in total. The molecule has 0 radical (unpaired) electrons. The average Bonchev–Trinajstić information content (AvgIpc) is 2.61. The van der Waals surface area contributed by atoms with Crippen LogP contribution in [0.3, 0.4) is 0 Å². The second-order valence-corrected chi connectivity index (χ2v) is 9.34. The Morgan fingerprint density at radius 1 is 1.04 bits per heavy atom. The largest absolute Gasteiger partial charge is 0.375 e. The zero-order valence-electron chi connectivity index (χ0n) is 15.6. The van der Waals surface area contributed by atoms with Gasteiger partial charge in [0.15, 0.2) is 0 Å². The number of nitrogens with zero attached hydrogens (tertiary/aromatic N) is 2. The van der Waals surface area contributed by atoms with E-state index in [1.165, 1.54) is 10.6 Å². The molecule has 0 spiro atoms. The lowest BCUT2D eigenvalue weighted by molar-refractivity contribution is -0.0557. The Morgan fingerprint density at radius 2 is 1.62 bits per heavy atom. The Kier molecular flexibility index (Phi) is 5.99. The zero-order chi connectivity index (χ0) is 18.7. The lowest BCUT2D eigenvalue weighted by atomic mass is 10.0. The maximum absolute atomic E-state index is 12.6. The van der Waals surface area contributed by atoms with Gasteiger partial charge in [0.05, 0.1) is 18.5 Å². The number of ether oxygens (including phenoxy) is 1. The van der Waals surface area contributed by atoms with Gasteiger partial charge in [-0.3, -0.25) is 4.79 Å². The fraction of sp³-hybridized carbons (Fsp3) is 0.632. The van der Waals surface area contributed by atoms with Crippen LogP contribution in [0.4, 0.5) is 0 Å². The van der Waals surface area contributed by atoms with Crippen LogP contribution in [0.5, 0.6) is 0 Å². The molecule has 0 aliphatic carbocycles. The predicted octanol–water partition coefficient (Wildman–Crippen LogP) is 2.04. The molecule has 1 amide bonds. The van der Waals surface area contributed by atoms with Crippen LogP contribution >= 0.6 is 0 Å². The summed E-state index contributed by atoms with van der Waals surface area (Å²) in [5.41, 5.74) is 1.84. The number of piperidine rings is 2. The highest BCUT2D eigenvalue weighted by Crippen LogP contribution is 2.23. The molecule has 26 heavy (non-hydrogen) atoms. The van der Waals surface area contributed by atoms with Gasteiger partial charge in [0.2, 0.25) is 10.0 Å². The molecule has 3 rings (SSSR count). The summed E-state index contributed by atoms with van der Waals surface area (Å²) in [6.07, 6.45) is 4.71. The van der Waals surface area contributed by atoms with E-state index in [1.54, 1.807) is 0 Å². The van der Waals surface area contributed by atoms with Gasteiger partial charge in [-0.05, 0) is 44.7 Å². The zero-order valence-corrected chi connectivity index (χ0v) is 16.4. The van der Waals surface area contributed by atoms with E-state index in [9.17, 15) is 13.2 Å². The van der Waals surface area contributed by atoms with Crippen LogP contribution in [0, 0.1) is 6.92 Å². The molecule has 2 aliphatic heterocycles. The third kappa shape index (κ3) is 4.84. The van der Waals surface area contributed by atoms with Crippen LogP contribution in [-0.2, 0) is 14.8 Å². The molecular weight excluding hydrogens is 352 g/mol. The van der Waals surface area contributed by atoms with E-state index in [1.807, 2.05) is 36.1 Å². The molecule has 0 unspecified atom stereocenters. The van der Waals surface area contributed by atoms with Gasteiger partial charge in [-0.2, -0.15) is 0 Å². The fourth-order valence-electron chi connectivity index (χ4n) is 3.73. The molecule has 2 heterocycles. The van der Waals surface area contributed by atoms with Gasteiger partial charge in [-0.15, -0.1) is 0 Å². The summed E-state index contributed by atoms with van der Waals surface area (Å²) in [4.78, 5) is 14.5. The Labute approximate surface area is 156 Å². The second-order valence-electron chi connectivity index (χ2n) is 7.36. The first-order valence-electron chi connectivity index (χ1n) is 9.29. The first-order chi connectivity index (χ1) is 12.3. The summed E-state index contributed by atoms with van der Waals surface area (Å²) in [6, 6.07) is 7.71. The van der Waals surface area contributed by atoms with Crippen LogP contribution in [0.1, 0.15) is 41.6 Å². The molecule has 0 saturated carbocycles. The fourth-order valence-corrected chi connectivity index (χ4v) is 4.60. The van der Waals surface area contributed by atoms with Crippen molar-refractivity contribution >= 4 is 15.9 Å². The molecule has 7 heteroatoms. The number of hydrogen-bond donors (Lipinski definition) is 0. The Morgan fingerprint density at radius 3 is 2.15 bits per heavy atom. The molecule has 2 saturated heterocycles. The van der Waals surface area contributed by atoms with E-state index in [2.05, 4.69) is 0 Å². The highest BCUT2D eigenvalue weighted by Gasteiger charge is 2.29. The molecule has 1 aromatic rings. The van der Waals surface area contributed by atoms with E-state index >= 15 is 0 Å². The van der Waals surface area contributed by atoms with Crippen molar-refractivity contribution in [3.05, 3.63) is 35.4 Å². The van der Waals surface area contributed by atoms with Crippen LogP contribution in [0.2, 0.25) is 0 Å². The van der Waals surface area contributed by atoms with E-state index < -0.39 is 10.0 Å². The quantitative estimate of drug-likeness (QED) is 0.802. The topological polar surface area (TPSA) is 66.9 Å². The van der Waals surface area contributed by atoms with Crippen LogP contribution in [-0.4, -0.2) is 68.2 Å². The number of carbonyl (C=O) groups excluding carboxylic acids is 1. The Balaban J connectivity index is 1.45. The monoisotopic (exact) mass is 380 g/mol. The first kappa shape index (κ1) is 19.3. The molecule has 1 aromatic carbocycles. The number of hydrogen-bond acceptors (Lipinski definition) is 4. The number of sulfonamides is 1. The molecule has 2 aliphatic rings. The highest BCUT2D eigenvalue weighted by atomic mass is 32.2. The second kappa shape index (κ2) is 8.06. The van der Waals surface area contributed by atoms with Gasteiger partial charge in [0.1, 0.15) is 0 Å². The van der Waals surface area contributed by atoms with Crippen LogP contribution < -0.4 is 0 Å². The summed E-state index contributed by atoms with van der Waals surface area (Å²) in [6.45, 7) is 4.48. The molecule has 2 fully saturated rings. The van der Waals surface area contributed by atoms with Crippen molar-refractivity contribution in [1.29, 1.82) is 0 Å². The van der Waals surface area contributed by atoms with Crippen molar-refractivity contribution in [1.82, 2.24) is 9.21 Å². The number of aryl methyl sites for hydroxylation is 1. The van der Waals surface area contributed by atoms with Crippen LogP contribution in [0.15, 0.2) is 24.3 Å². The summed E-state index contributed by atoms with van der Waals surface area (Å²) < 4.78 is 30.8. The number of likely N-dealkylation sites (tertiary alicyclic amines) is 1. The van der Waals surface area contributed by atoms with E-state index in [4.69, 9.17) is 4.74 Å². The van der Waals surface area contributed by atoms with Crippen molar-refractivity contribution in [3.8, 4) is 0 Å². The van der Waals surface area contributed by atoms with Gasteiger partial charge >= 0.3 is 0 Å². The molecule has 144 valence electrons. The maximum Gasteiger partial charge on any atom is 0.253 e. The molecule has 6 nitrogen and oxygen atoms in total. The first-order valence-corrected chi connectivity index (χ1v) is 11.1. The minimum Gasteiger partial charge on any atom is -0.375 e. The lowest BCUT2D eigenvalue weighted by Gasteiger charge is -2.36. The number of carbonyl (C=O) groups is 1. The third-order valence-corrected chi connectivity index (χ3v) is 6.55. The van der Waals surface area contributed by atoms with Gasteiger partial charge in [-0.1, -0.05) is 17.7 Å². The molecule has 0 aromatic heterocycles. The smallest absolute Gasteiger partial charge is 0.253 e. The lowest BCUT2D eigenvalue weighted by Crippen LogP contribution is -2.44. The summed E-state index contributed by atoms with van der Waals surface area (Å²) in [5, 5.41) is 0. The van der Waals surface area contributed by atoms with E-state index in [0.29, 0.717) is 26.2 Å². The number of benzene rings is 1. The van der Waals surface area contributed by atoms with Crippen molar-refractivity contribution in [2.24, 2.45) is 0 Å². The van der Waals surface area contributed by atoms with Gasteiger partial charge < -0.3 is 9.64 Å². The minimum absolute atomic E-state index is 0.0913. The summed E-state index contributed by atoms with van der Waals surface area (Å²) in [5.74, 6) is 0.0913. The van der Waals surface area contributed by atoms with E-state index in [-0.39, 0.29) is 18.1 Å². The summed E-state index contributed by atoms with van der Waals surface area (Å²) >= 11 is 0. The van der Waals surface area contributed by atoms with Gasteiger partial charge in [0.25, 0.3) is 5.91 Å². The Hall–Kier alpha value is -1.44. The number of amides is 1. The molecular formula is C19H28N2O4S.